The smallest absolute Gasteiger partial charge is 0.151 e. The van der Waals surface area contributed by atoms with E-state index in [0.717, 1.165) is 6.26 Å². The van der Waals surface area contributed by atoms with E-state index < -0.39 is 22.0 Å². The van der Waals surface area contributed by atoms with Crippen molar-refractivity contribution in [2.75, 3.05) is 12.9 Å². The summed E-state index contributed by atoms with van der Waals surface area (Å²) in [7, 11) is -3.21. The molecule has 3 N–H and O–H groups in total. The molecule has 0 bridgehead atoms. The second-order valence-electron chi connectivity index (χ2n) is 4.29. The summed E-state index contributed by atoms with van der Waals surface area (Å²) in [4.78, 5) is 0. The Kier molecular flexibility index (Phi) is 5.28. The van der Waals surface area contributed by atoms with Crippen LogP contribution in [0.5, 0.6) is 0 Å². The molecule has 5 nitrogen and oxygen atoms in total. The van der Waals surface area contributed by atoms with Gasteiger partial charge in [0.2, 0.25) is 0 Å². The average Bonchev–Trinajstić information content (AvgIpc) is 2.27. The maximum absolute atomic E-state index is 11.3. The van der Waals surface area contributed by atoms with E-state index in [0.29, 0.717) is 11.1 Å². The molecule has 18 heavy (non-hydrogen) atoms. The minimum absolute atomic E-state index is 0.0361. The van der Waals surface area contributed by atoms with Crippen LogP contribution in [-0.4, -0.2) is 42.7 Å². The third kappa shape index (κ3) is 4.38. The van der Waals surface area contributed by atoms with Gasteiger partial charge in [-0.1, -0.05) is 24.3 Å². The summed E-state index contributed by atoms with van der Waals surface area (Å²) in [6.45, 7) is -0.244. The molecule has 0 aromatic heterocycles. The van der Waals surface area contributed by atoms with Crippen LogP contribution in [0.25, 0.3) is 0 Å². The van der Waals surface area contributed by atoms with E-state index in [4.69, 9.17) is 5.11 Å². The highest BCUT2D eigenvalue weighted by atomic mass is 32.2. The number of rotatable bonds is 6. The summed E-state index contributed by atoms with van der Waals surface area (Å²) in [6.07, 6.45) is -1.17. The second-order valence-corrected chi connectivity index (χ2v) is 6.43. The Morgan fingerprint density at radius 3 is 2.39 bits per heavy atom. The molecule has 0 heterocycles. The molecule has 0 aliphatic heterocycles. The van der Waals surface area contributed by atoms with Crippen molar-refractivity contribution in [3.8, 4) is 0 Å². The van der Waals surface area contributed by atoms with E-state index in [1.807, 2.05) is 0 Å². The molecule has 0 radical (unpaired) electrons. The minimum atomic E-state index is -3.21. The third-order valence-electron chi connectivity index (χ3n) is 2.58. The first kappa shape index (κ1) is 15.1. The lowest BCUT2D eigenvalue weighted by atomic mass is 9.98. The van der Waals surface area contributed by atoms with Crippen LogP contribution in [0.2, 0.25) is 0 Å². The first-order valence-corrected chi connectivity index (χ1v) is 7.63. The Bertz CT molecular complexity index is 483. The van der Waals surface area contributed by atoms with Gasteiger partial charge in [-0.2, -0.15) is 0 Å². The molecule has 0 aliphatic rings. The summed E-state index contributed by atoms with van der Waals surface area (Å²) in [5.74, 6) is -0.188. The standard InChI is InChI=1S/C12H18O5S/c1-18(16,17)8-9-4-2-3-5-10(9)12(15)11(14)6-7-13/h2-5,11-15H,6-8H2,1H3. The molecular formula is C12H18O5S. The number of hydrogen-bond donors (Lipinski definition) is 3. The zero-order valence-electron chi connectivity index (χ0n) is 10.2. The Morgan fingerprint density at radius 1 is 1.22 bits per heavy atom. The molecule has 0 saturated carbocycles. The van der Waals surface area contributed by atoms with E-state index in [-0.39, 0.29) is 18.8 Å². The lowest BCUT2D eigenvalue weighted by Gasteiger charge is -2.20. The van der Waals surface area contributed by atoms with Crippen molar-refractivity contribution in [1.29, 1.82) is 0 Å². The highest BCUT2D eigenvalue weighted by Gasteiger charge is 2.21. The van der Waals surface area contributed by atoms with Crippen LogP contribution < -0.4 is 0 Å². The van der Waals surface area contributed by atoms with Crippen molar-refractivity contribution in [2.45, 2.75) is 24.4 Å². The molecular weight excluding hydrogens is 256 g/mol. The van der Waals surface area contributed by atoms with E-state index in [1.165, 1.54) is 0 Å². The summed E-state index contributed by atoms with van der Waals surface area (Å²) in [5, 5.41) is 28.3. The van der Waals surface area contributed by atoms with Gasteiger partial charge in [0, 0.05) is 12.9 Å². The average molecular weight is 274 g/mol. The molecule has 0 amide bonds. The van der Waals surface area contributed by atoms with Gasteiger partial charge in [-0.15, -0.1) is 0 Å². The van der Waals surface area contributed by atoms with Gasteiger partial charge in [0.15, 0.2) is 9.84 Å². The van der Waals surface area contributed by atoms with Crippen molar-refractivity contribution < 1.29 is 23.7 Å². The van der Waals surface area contributed by atoms with E-state index in [2.05, 4.69) is 0 Å². The van der Waals surface area contributed by atoms with Gasteiger partial charge in [-0.05, 0) is 17.5 Å². The molecule has 0 spiro atoms. The lowest BCUT2D eigenvalue weighted by molar-refractivity contribution is 0.00384. The molecule has 0 aliphatic carbocycles. The zero-order chi connectivity index (χ0) is 13.8. The first-order valence-electron chi connectivity index (χ1n) is 5.57. The Balaban J connectivity index is 3.01. The maximum atomic E-state index is 11.3. The molecule has 1 aromatic carbocycles. The predicted octanol–water partition coefficient (Wildman–Crippen LogP) is 0.00790. The fourth-order valence-electron chi connectivity index (χ4n) is 1.73. The minimum Gasteiger partial charge on any atom is -0.396 e. The molecule has 2 atom stereocenters. The van der Waals surface area contributed by atoms with Gasteiger partial charge in [0.05, 0.1) is 11.9 Å². The van der Waals surface area contributed by atoms with Gasteiger partial charge < -0.3 is 15.3 Å². The predicted molar refractivity (Wildman–Crippen MR) is 67.7 cm³/mol. The van der Waals surface area contributed by atoms with E-state index in [1.54, 1.807) is 24.3 Å². The lowest BCUT2D eigenvalue weighted by Crippen LogP contribution is -2.21. The van der Waals surface area contributed by atoms with Gasteiger partial charge in [0.25, 0.3) is 0 Å². The van der Waals surface area contributed by atoms with Crippen LogP contribution in [-0.2, 0) is 15.6 Å². The van der Waals surface area contributed by atoms with Crippen LogP contribution in [0.1, 0.15) is 23.7 Å². The molecule has 102 valence electrons. The van der Waals surface area contributed by atoms with Gasteiger partial charge in [-0.25, -0.2) is 8.42 Å². The highest BCUT2D eigenvalue weighted by molar-refractivity contribution is 7.89. The summed E-state index contributed by atoms with van der Waals surface area (Å²) in [5.41, 5.74) is 0.841. The van der Waals surface area contributed by atoms with Crippen LogP contribution in [0.4, 0.5) is 0 Å². The topological polar surface area (TPSA) is 94.8 Å². The van der Waals surface area contributed by atoms with Crippen molar-refractivity contribution in [3.63, 3.8) is 0 Å². The highest BCUT2D eigenvalue weighted by Crippen LogP contribution is 2.24. The van der Waals surface area contributed by atoms with Crippen LogP contribution in [0.15, 0.2) is 24.3 Å². The van der Waals surface area contributed by atoms with Gasteiger partial charge in [0.1, 0.15) is 6.10 Å². The zero-order valence-corrected chi connectivity index (χ0v) is 11.0. The molecule has 0 fully saturated rings. The van der Waals surface area contributed by atoms with Crippen molar-refractivity contribution in [2.24, 2.45) is 0 Å². The van der Waals surface area contributed by atoms with E-state index in [9.17, 15) is 18.6 Å². The van der Waals surface area contributed by atoms with Crippen molar-refractivity contribution in [3.05, 3.63) is 35.4 Å². The van der Waals surface area contributed by atoms with Crippen LogP contribution in [0.3, 0.4) is 0 Å². The number of sulfone groups is 1. The van der Waals surface area contributed by atoms with Crippen LogP contribution in [0, 0.1) is 0 Å². The van der Waals surface area contributed by atoms with Gasteiger partial charge in [-0.3, -0.25) is 0 Å². The number of hydrogen-bond acceptors (Lipinski definition) is 5. The normalized spacial score (nSPS) is 15.3. The molecule has 2 unspecified atom stereocenters. The molecule has 1 rings (SSSR count). The summed E-state index contributed by atoms with van der Waals surface area (Å²) < 4.78 is 22.6. The number of benzene rings is 1. The maximum Gasteiger partial charge on any atom is 0.151 e. The summed E-state index contributed by atoms with van der Waals surface area (Å²) >= 11 is 0. The largest absolute Gasteiger partial charge is 0.396 e. The number of aliphatic hydroxyl groups is 3. The van der Waals surface area contributed by atoms with Crippen LogP contribution >= 0.6 is 0 Å². The first-order chi connectivity index (χ1) is 8.35. The van der Waals surface area contributed by atoms with Crippen molar-refractivity contribution in [1.82, 2.24) is 0 Å². The van der Waals surface area contributed by atoms with Gasteiger partial charge >= 0.3 is 0 Å². The van der Waals surface area contributed by atoms with Crippen molar-refractivity contribution >= 4 is 9.84 Å². The molecule has 1 aromatic rings. The third-order valence-corrected chi connectivity index (χ3v) is 3.42. The quantitative estimate of drug-likeness (QED) is 0.679. The monoisotopic (exact) mass is 274 g/mol. The fourth-order valence-corrected chi connectivity index (χ4v) is 2.56. The molecule has 0 saturated heterocycles. The Labute approximate surface area is 107 Å². The number of aliphatic hydroxyl groups excluding tert-OH is 3. The molecule has 6 heteroatoms. The van der Waals surface area contributed by atoms with E-state index >= 15 is 0 Å². The second kappa shape index (κ2) is 6.29. The SMILES string of the molecule is CS(=O)(=O)Cc1ccccc1C(O)C(O)CCO. The Morgan fingerprint density at radius 2 is 1.83 bits per heavy atom. The Hall–Kier alpha value is -0.950. The summed E-state index contributed by atoms with van der Waals surface area (Å²) in [6, 6.07) is 6.52. The fraction of sp³-hybridized carbons (Fsp3) is 0.500.